The molecule has 7 nitrogen and oxygen atoms in total. The van der Waals surface area contributed by atoms with Crippen LogP contribution in [0.2, 0.25) is 0 Å². The quantitative estimate of drug-likeness (QED) is 0.310. The summed E-state index contributed by atoms with van der Waals surface area (Å²) in [5, 5.41) is 8.50. The summed E-state index contributed by atoms with van der Waals surface area (Å²) in [6, 6.07) is 14.5. The van der Waals surface area contributed by atoms with Gasteiger partial charge in [-0.05, 0) is 37.1 Å². The number of hydroxylamine groups is 1. The van der Waals surface area contributed by atoms with Crippen molar-refractivity contribution in [3.05, 3.63) is 77.6 Å². The lowest BCUT2D eigenvalue weighted by Crippen LogP contribution is -2.39. The number of Topliss-reactive ketones (excluding diaryl/α,β-unsaturated/α-hetero) is 1. The molecule has 0 spiro atoms. The number of likely N-dealkylation sites (tertiary alicyclic amines) is 1. The third-order valence-electron chi connectivity index (χ3n) is 4.94. The van der Waals surface area contributed by atoms with Crippen LogP contribution in [0.5, 0.6) is 0 Å². The van der Waals surface area contributed by atoms with Crippen molar-refractivity contribution in [1.29, 1.82) is 0 Å². The van der Waals surface area contributed by atoms with E-state index in [2.05, 4.69) is 4.98 Å². The van der Waals surface area contributed by atoms with Crippen LogP contribution < -0.4 is 5.48 Å². The van der Waals surface area contributed by atoms with Crippen molar-refractivity contribution in [2.45, 2.75) is 12.8 Å². The lowest BCUT2D eigenvalue weighted by molar-refractivity contribution is -0.127. The Bertz CT molecular complexity index is 968. The number of halogens is 1. The maximum atomic E-state index is 12.6. The summed E-state index contributed by atoms with van der Waals surface area (Å²) in [6.45, 7) is 1.08. The largest absolute Gasteiger partial charge is 0.339 e. The standard InChI is InChI=1S/C23H23N3O4.ClH/c27-21(25-30)11-9-19-7-4-8-20(24-19)10-12-22(28)26-15-13-18(14-16-26)23(29)17-5-2-1-3-6-17;/h1-12,18,30H,13-16H2,(H,25,27);1H. The van der Waals surface area contributed by atoms with Crippen LogP contribution in [0.25, 0.3) is 12.2 Å². The summed E-state index contributed by atoms with van der Waals surface area (Å²) in [5.41, 5.74) is 3.32. The van der Waals surface area contributed by atoms with Crippen LogP contribution in [0.1, 0.15) is 34.6 Å². The molecule has 1 saturated heterocycles. The molecule has 31 heavy (non-hydrogen) atoms. The number of pyridine rings is 1. The van der Waals surface area contributed by atoms with Crippen molar-refractivity contribution < 1.29 is 19.6 Å². The number of carbonyl (C=O) groups excluding carboxylic acids is 3. The van der Waals surface area contributed by atoms with Crippen LogP contribution in [0.15, 0.2) is 60.7 Å². The van der Waals surface area contributed by atoms with Crippen molar-refractivity contribution in [3.8, 4) is 0 Å². The number of carbonyl (C=O) groups is 3. The van der Waals surface area contributed by atoms with E-state index >= 15 is 0 Å². The van der Waals surface area contributed by atoms with Gasteiger partial charge in [-0.15, -0.1) is 12.4 Å². The molecule has 2 amide bonds. The highest BCUT2D eigenvalue weighted by molar-refractivity contribution is 5.98. The van der Waals surface area contributed by atoms with Crippen molar-refractivity contribution in [2.24, 2.45) is 5.92 Å². The minimum Gasteiger partial charge on any atom is -0.339 e. The van der Waals surface area contributed by atoms with E-state index in [1.807, 2.05) is 30.3 Å². The first kappa shape index (κ1) is 24.0. The van der Waals surface area contributed by atoms with Gasteiger partial charge in [0.2, 0.25) is 5.91 Å². The second kappa shape index (κ2) is 11.8. The smallest absolute Gasteiger partial charge is 0.267 e. The Labute approximate surface area is 186 Å². The highest BCUT2D eigenvalue weighted by Gasteiger charge is 2.27. The normalized spacial score (nSPS) is 14.4. The van der Waals surface area contributed by atoms with Crippen molar-refractivity contribution in [2.75, 3.05) is 13.1 Å². The highest BCUT2D eigenvalue weighted by Crippen LogP contribution is 2.22. The van der Waals surface area contributed by atoms with E-state index in [1.165, 1.54) is 17.6 Å². The number of hydrogen-bond acceptors (Lipinski definition) is 5. The predicted octanol–water partition coefficient (Wildman–Crippen LogP) is 3.16. The zero-order chi connectivity index (χ0) is 21.3. The van der Waals surface area contributed by atoms with Crippen molar-refractivity contribution in [1.82, 2.24) is 15.4 Å². The van der Waals surface area contributed by atoms with Gasteiger partial charge in [-0.25, -0.2) is 10.5 Å². The highest BCUT2D eigenvalue weighted by atomic mass is 35.5. The van der Waals surface area contributed by atoms with Crippen molar-refractivity contribution in [3.63, 3.8) is 0 Å². The number of nitrogens with zero attached hydrogens (tertiary/aromatic N) is 2. The Morgan fingerprint density at radius 1 is 0.935 bits per heavy atom. The fourth-order valence-corrected chi connectivity index (χ4v) is 3.32. The Morgan fingerprint density at radius 3 is 2.16 bits per heavy atom. The number of rotatable bonds is 6. The molecule has 2 N–H and O–H groups in total. The van der Waals surface area contributed by atoms with Crippen LogP contribution >= 0.6 is 12.4 Å². The Hall–Kier alpha value is -3.29. The fraction of sp³-hybridized carbons (Fsp3) is 0.217. The molecular weight excluding hydrogens is 418 g/mol. The summed E-state index contributed by atoms with van der Waals surface area (Å²) < 4.78 is 0. The third kappa shape index (κ3) is 6.87. The number of benzene rings is 1. The summed E-state index contributed by atoms with van der Waals surface area (Å²) >= 11 is 0. The second-order valence-electron chi connectivity index (χ2n) is 6.96. The topological polar surface area (TPSA) is 99.6 Å². The molecule has 1 fully saturated rings. The summed E-state index contributed by atoms with van der Waals surface area (Å²) in [7, 11) is 0. The lowest BCUT2D eigenvalue weighted by atomic mass is 9.89. The third-order valence-corrected chi connectivity index (χ3v) is 4.94. The van der Waals surface area contributed by atoms with Crippen LogP contribution in [0.3, 0.4) is 0 Å². The van der Waals surface area contributed by atoms with E-state index in [0.717, 1.165) is 11.6 Å². The maximum Gasteiger partial charge on any atom is 0.267 e. The number of hydrogen-bond donors (Lipinski definition) is 2. The van der Waals surface area contributed by atoms with E-state index in [-0.39, 0.29) is 30.0 Å². The molecule has 3 rings (SSSR count). The average molecular weight is 442 g/mol. The number of aromatic nitrogens is 1. The Kier molecular flexibility index (Phi) is 9.12. The molecule has 0 bridgehead atoms. The number of ketones is 1. The maximum absolute atomic E-state index is 12.6. The molecule has 0 atom stereocenters. The van der Waals surface area contributed by atoms with Gasteiger partial charge in [0.25, 0.3) is 5.91 Å². The van der Waals surface area contributed by atoms with E-state index < -0.39 is 5.91 Å². The minimum absolute atomic E-state index is 0. The predicted molar refractivity (Wildman–Crippen MR) is 120 cm³/mol. The van der Waals surface area contributed by atoms with Gasteiger partial charge in [0, 0.05) is 36.7 Å². The molecule has 8 heteroatoms. The van der Waals surface area contributed by atoms with Gasteiger partial charge < -0.3 is 4.90 Å². The molecule has 1 aromatic heterocycles. The number of amides is 2. The molecule has 1 aliphatic rings. The first-order chi connectivity index (χ1) is 14.6. The van der Waals surface area contributed by atoms with Gasteiger partial charge in [-0.2, -0.15) is 0 Å². The molecule has 162 valence electrons. The van der Waals surface area contributed by atoms with Gasteiger partial charge in [0.15, 0.2) is 5.78 Å². The Balaban J connectivity index is 0.00000341. The summed E-state index contributed by atoms with van der Waals surface area (Å²) in [4.78, 5) is 42.1. The molecule has 1 aromatic carbocycles. The monoisotopic (exact) mass is 441 g/mol. The summed E-state index contributed by atoms with van der Waals surface area (Å²) in [6.07, 6.45) is 7.00. The minimum atomic E-state index is -0.651. The molecular formula is C23H24ClN3O4. The molecule has 0 unspecified atom stereocenters. The van der Waals surface area contributed by atoms with Gasteiger partial charge in [0.1, 0.15) is 0 Å². The van der Waals surface area contributed by atoms with Crippen LogP contribution in [0.4, 0.5) is 0 Å². The molecule has 0 radical (unpaired) electrons. The average Bonchev–Trinajstić information content (AvgIpc) is 2.81. The van der Waals surface area contributed by atoms with Crippen molar-refractivity contribution >= 4 is 42.2 Å². The number of piperidine rings is 1. The SMILES string of the molecule is Cl.O=C(C=Cc1cccc(C=CC(=O)N2CCC(C(=O)c3ccccc3)CC2)n1)NO. The first-order valence-corrected chi connectivity index (χ1v) is 9.72. The van der Waals surface area contributed by atoms with Crippen LogP contribution in [0, 0.1) is 5.92 Å². The van der Waals surface area contributed by atoms with E-state index in [4.69, 9.17) is 5.21 Å². The van der Waals surface area contributed by atoms with E-state index in [0.29, 0.717) is 37.3 Å². The molecule has 2 heterocycles. The van der Waals surface area contributed by atoms with Gasteiger partial charge >= 0.3 is 0 Å². The molecule has 0 saturated carbocycles. The van der Waals surface area contributed by atoms with Crippen LogP contribution in [-0.2, 0) is 9.59 Å². The Morgan fingerprint density at radius 2 is 1.55 bits per heavy atom. The van der Waals surface area contributed by atoms with Crippen LogP contribution in [-0.4, -0.2) is 45.8 Å². The first-order valence-electron chi connectivity index (χ1n) is 9.72. The van der Waals surface area contributed by atoms with E-state index in [1.54, 1.807) is 29.2 Å². The van der Waals surface area contributed by atoms with Gasteiger partial charge in [-0.1, -0.05) is 36.4 Å². The zero-order valence-electron chi connectivity index (χ0n) is 16.8. The molecule has 1 aliphatic heterocycles. The molecule has 0 aliphatic carbocycles. The molecule has 2 aromatic rings. The summed E-state index contributed by atoms with van der Waals surface area (Å²) in [5.74, 6) is -0.686. The fourth-order valence-electron chi connectivity index (χ4n) is 3.32. The zero-order valence-corrected chi connectivity index (χ0v) is 17.6. The second-order valence-corrected chi connectivity index (χ2v) is 6.96. The van der Waals surface area contributed by atoms with E-state index in [9.17, 15) is 14.4 Å². The van der Waals surface area contributed by atoms with Gasteiger partial charge in [-0.3, -0.25) is 19.6 Å². The van der Waals surface area contributed by atoms with Gasteiger partial charge in [0.05, 0.1) is 11.4 Å². The number of nitrogens with one attached hydrogen (secondary N) is 1. The lowest BCUT2D eigenvalue weighted by Gasteiger charge is -2.30.